The fourth-order valence-electron chi connectivity index (χ4n) is 1.65. The first kappa shape index (κ1) is 10.7. The lowest BCUT2D eigenvalue weighted by Gasteiger charge is -2.12. The second-order valence-electron chi connectivity index (χ2n) is 3.79. The summed E-state index contributed by atoms with van der Waals surface area (Å²) in [5, 5.41) is 0. The molecule has 1 aromatic rings. The normalized spacial score (nSPS) is 15.1. The minimum atomic E-state index is 0.127. The molecule has 2 rings (SSSR count). The Labute approximate surface area is 95.2 Å². The van der Waals surface area contributed by atoms with Gasteiger partial charge in [0.2, 0.25) is 0 Å². The second-order valence-corrected chi connectivity index (χ2v) is 3.79. The van der Waals surface area contributed by atoms with Gasteiger partial charge in [0.05, 0.1) is 0 Å². The molecule has 0 atom stereocenters. The molecule has 16 heavy (non-hydrogen) atoms. The van der Waals surface area contributed by atoms with Crippen LogP contribution in [0.3, 0.4) is 0 Å². The molecule has 0 unspecified atom stereocenters. The van der Waals surface area contributed by atoms with Crippen molar-refractivity contribution in [3.8, 4) is 5.75 Å². The Morgan fingerprint density at radius 2 is 2.00 bits per heavy atom. The highest BCUT2D eigenvalue weighted by atomic mass is 16.5. The number of hydrogen-bond acceptors (Lipinski definition) is 2. The number of allylic oxidation sites excluding steroid dienone is 3. The highest BCUT2D eigenvalue weighted by Crippen LogP contribution is 2.21. The molecule has 0 aromatic heterocycles. The van der Waals surface area contributed by atoms with Gasteiger partial charge in [-0.1, -0.05) is 18.2 Å². The molecular weight excluding hydrogens is 200 g/mol. The summed E-state index contributed by atoms with van der Waals surface area (Å²) in [4.78, 5) is 11.2. The SMILES string of the molecule is CC(=O)C1=CC(Oc2ccccc2)=CCC1. The highest BCUT2D eigenvalue weighted by Gasteiger charge is 2.10. The topological polar surface area (TPSA) is 26.3 Å². The Kier molecular flexibility index (Phi) is 3.20. The molecule has 0 fully saturated rings. The molecule has 0 amide bonds. The molecule has 2 nitrogen and oxygen atoms in total. The summed E-state index contributed by atoms with van der Waals surface area (Å²) in [5.74, 6) is 1.69. The van der Waals surface area contributed by atoms with Gasteiger partial charge in [-0.05, 0) is 49.6 Å². The Hall–Kier alpha value is -1.83. The first-order valence-electron chi connectivity index (χ1n) is 5.40. The minimum Gasteiger partial charge on any atom is -0.458 e. The first-order chi connectivity index (χ1) is 7.75. The molecule has 0 aliphatic heterocycles. The lowest BCUT2D eigenvalue weighted by molar-refractivity contribution is -0.113. The average Bonchev–Trinajstić information content (AvgIpc) is 2.30. The maximum atomic E-state index is 11.2. The Bertz CT molecular complexity index is 441. The molecule has 1 aliphatic rings. The summed E-state index contributed by atoms with van der Waals surface area (Å²) in [6.45, 7) is 1.59. The zero-order chi connectivity index (χ0) is 11.4. The maximum Gasteiger partial charge on any atom is 0.155 e. The van der Waals surface area contributed by atoms with Gasteiger partial charge in [0.25, 0.3) is 0 Å². The van der Waals surface area contributed by atoms with E-state index in [0.717, 1.165) is 29.9 Å². The van der Waals surface area contributed by atoms with E-state index in [4.69, 9.17) is 4.74 Å². The van der Waals surface area contributed by atoms with E-state index in [0.29, 0.717) is 0 Å². The Balaban J connectivity index is 2.12. The van der Waals surface area contributed by atoms with Gasteiger partial charge in [-0.25, -0.2) is 0 Å². The number of rotatable bonds is 3. The number of ketones is 1. The second kappa shape index (κ2) is 4.79. The molecule has 2 heteroatoms. The van der Waals surface area contributed by atoms with E-state index in [1.54, 1.807) is 6.92 Å². The molecular formula is C14H14O2. The Morgan fingerprint density at radius 3 is 2.69 bits per heavy atom. The lowest BCUT2D eigenvalue weighted by Crippen LogP contribution is -2.04. The molecule has 0 saturated heterocycles. The van der Waals surface area contributed by atoms with Crippen LogP contribution in [0.5, 0.6) is 5.75 Å². The van der Waals surface area contributed by atoms with Gasteiger partial charge in [0.15, 0.2) is 5.78 Å². The quantitative estimate of drug-likeness (QED) is 0.772. The van der Waals surface area contributed by atoms with Crippen molar-refractivity contribution in [1.82, 2.24) is 0 Å². The van der Waals surface area contributed by atoms with Gasteiger partial charge in [-0.3, -0.25) is 4.79 Å². The number of ether oxygens (including phenoxy) is 1. The van der Waals surface area contributed by atoms with E-state index in [2.05, 4.69) is 0 Å². The predicted molar refractivity (Wildman–Crippen MR) is 63.2 cm³/mol. The van der Waals surface area contributed by atoms with Crippen LogP contribution in [0.1, 0.15) is 19.8 Å². The van der Waals surface area contributed by atoms with Crippen LogP contribution in [0.2, 0.25) is 0 Å². The number of carbonyl (C=O) groups excluding carboxylic acids is 1. The van der Waals surface area contributed by atoms with Gasteiger partial charge in [0.1, 0.15) is 11.5 Å². The average molecular weight is 214 g/mol. The van der Waals surface area contributed by atoms with Gasteiger partial charge in [-0.2, -0.15) is 0 Å². The van der Waals surface area contributed by atoms with Crippen molar-refractivity contribution in [1.29, 1.82) is 0 Å². The number of hydrogen-bond donors (Lipinski definition) is 0. The van der Waals surface area contributed by atoms with E-state index >= 15 is 0 Å². The monoisotopic (exact) mass is 214 g/mol. The highest BCUT2D eigenvalue weighted by molar-refractivity contribution is 5.93. The van der Waals surface area contributed by atoms with Gasteiger partial charge in [0, 0.05) is 0 Å². The van der Waals surface area contributed by atoms with Crippen LogP contribution in [-0.4, -0.2) is 5.78 Å². The fraction of sp³-hybridized carbons (Fsp3) is 0.214. The number of carbonyl (C=O) groups is 1. The van der Waals surface area contributed by atoms with Crippen LogP contribution in [-0.2, 0) is 4.79 Å². The van der Waals surface area contributed by atoms with Crippen LogP contribution >= 0.6 is 0 Å². The van der Waals surface area contributed by atoms with E-state index in [1.807, 2.05) is 42.5 Å². The largest absolute Gasteiger partial charge is 0.458 e. The van der Waals surface area contributed by atoms with Crippen molar-refractivity contribution in [3.63, 3.8) is 0 Å². The molecule has 0 radical (unpaired) electrons. The summed E-state index contributed by atoms with van der Waals surface area (Å²) in [6.07, 6.45) is 5.53. The van der Waals surface area contributed by atoms with Crippen LogP contribution in [0.25, 0.3) is 0 Å². The molecule has 1 aromatic carbocycles. The summed E-state index contributed by atoms with van der Waals surface area (Å²) in [6, 6.07) is 9.59. The van der Waals surface area contributed by atoms with Crippen molar-refractivity contribution in [2.75, 3.05) is 0 Å². The molecule has 0 bridgehead atoms. The summed E-state index contributed by atoms with van der Waals surface area (Å²) in [7, 11) is 0. The zero-order valence-electron chi connectivity index (χ0n) is 9.27. The summed E-state index contributed by atoms with van der Waals surface area (Å²) >= 11 is 0. The third kappa shape index (κ3) is 2.60. The first-order valence-corrected chi connectivity index (χ1v) is 5.40. The van der Waals surface area contributed by atoms with Crippen molar-refractivity contribution in [3.05, 3.63) is 53.8 Å². The number of benzene rings is 1. The van der Waals surface area contributed by atoms with Crippen molar-refractivity contribution >= 4 is 5.78 Å². The van der Waals surface area contributed by atoms with Crippen molar-refractivity contribution in [2.24, 2.45) is 0 Å². The fourth-order valence-corrected chi connectivity index (χ4v) is 1.65. The smallest absolute Gasteiger partial charge is 0.155 e. The third-order valence-corrected chi connectivity index (χ3v) is 2.51. The molecule has 0 heterocycles. The van der Waals surface area contributed by atoms with Gasteiger partial charge < -0.3 is 4.74 Å². The van der Waals surface area contributed by atoms with E-state index in [1.165, 1.54) is 0 Å². The predicted octanol–water partition coefficient (Wildman–Crippen LogP) is 3.26. The third-order valence-electron chi connectivity index (χ3n) is 2.51. The summed E-state index contributed by atoms with van der Waals surface area (Å²) in [5.41, 5.74) is 0.841. The number of para-hydroxylation sites is 1. The van der Waals surface area contributed by atoms with Crippen LogP contribution in [0, 0.1) is 0 Å². The van der Waals surface area contributed by atoms with Crippen molar-refractivity contribution < 1.29 is 9.53 Å². The molecule has 0 saturated carbocycles. The van der Waals surface area contributed by atoms with Crippen molar-refractivity contribution in [2.45, 2.75) is 19.8 Å². The minimum absolute atomic E-state index is 0.127. The molecule has 0 spiro atoms. The zero-order valence-corrected chi connectivity index (χ0v) is 9.27. The standard InChI is InChI=1S/C14H14O2/c1-11(15)12-6-5-9-14(10-12)16-13-7-3-2-4-8-13/h2-4,7-10H,5-6H2,1H3. The van der Waals surface area contributed by atoms with Crippen LogP contribution in [0.4, 0.5) is 0 Å². The lowest BCUT2D eigenvalue weighted by atomic mass is 10.0. The number of Topliss-reactive ketones (excluding diaryl/α,β-unsaturated/α-hetero) is 1. The summed E-state index contributed by atoms with van der Waals surface area (Å²) < 4.78 is 5.67. The molecule has 0 N–H and O–H groups in total. The van der Waals surface area contributed by atoms with Gasteiger partial charge in [-0.15, -0.1) is 0 Å². The van der Waals surface area contributed by atoms with Crippen LogP contribution < -0.4 is 4.74 Å². The molecule has 82 valence electrons. The maximum absolute atomic E-state index is 11.2. The van der Waals surface area contributed by atoms with Crippen LogP contribution in [0.15, 0.2) is 53.8 Å². The molecule has 1 aliphatic carbocycles. The van der Waals surface area contributed by atoms with E-state index in [-0.39, 0.29) is 5.78 Å². The van der Waals surface area contributed by atoms with Gasteiger partial charge >= 0.3 is 0 Å². The Morgan fingerprint density at radius 1 is 1.25 bits per heavy atom. The van der Waals surface area contributed by atoms with E-state index in [9.17, 15) is 4.79 Å². The van der Waals surface area contributed by atoms with E-state index < -0.39 is 0 Å².